The van der Waals surface area contributed by atoms with Gasteiger partial charge in [0, 0.05) is 0 Å². The van der Waals surface area contributed by atoms with Gasteiger partial charge in [0.05, 0.1) is 0 Å². The molecule has 0 bridgehead atoms. The van der Waals surface area contributed by atoms with E-state index in [1.165, 1.54) is 32.9 Å². The van der Waals surface area contributed by atoms with Gasteiger partial charge in [0.15, 0.2) is 0 Å². The molecule has 0 fully saturated rings. The highest BCUT2D eigenvalue weighted by molar-refractivity contribution is 7.52. The van der Waals surface area contributed by atoms with Crippen LogP contribution < -0.4 is 10.6 Å². The van der Waals surface area contributed by atoms with Gasteiger partial charge in [-0.15, -0.1) is 0 Å². The zero-order valence-corrected chi connectivity index (χ0v) is 19.5. The summed E-state index contributed by atoms with van der Waals surface area (Å²) in [6, 6.07) is 39.4. The van der Waals surface area contributed by atoms with Crippen LogP contribution in [-0.4, -0.2) is 11.3 Å². The molecule has 0 saturated heterocycles. The van der Waals surface area contributed by atoms with Crippen molar-refractivity contribution in [2.24, 2.45) is 0 Å². The summed E-state index contributed by atoms with van der Waals surface area (Å²) in [4.78, 5) is 0. The van der Waals surface area contributed by atoms with Crippen molar-refractivity contribution >= 4 is 27.8 Å². The average molecular weight is 426 g/mol. The molecule has 0 nitrogen and oxygen atoms in total. The molecule has 0 aliphatic rings. The minimum absolute atomic E-state index is 0.636. The van der Waals surface area contributed by atoms with Crippen LogP contribution in [0.25, 0.3) is 22.3 Å². The summed E-state index contributed by atoms with van der Waals surface area (Å²) >= 11 is 0. The molecule has 0 aliphatic carbocycles. The van der Waals surface area contributed by atoms with E-state index in [2.05, 4.69) is 123 Å². The summed E-state index contributed by atoms with van der Waals surface area (Å²) in [5.74, 6) is 0. The molecule has 4 aromatic rings. The Morgan fingerprint density at radius 1 is 0.433 bits per heavy atom. The monoisotopic (exact) mass is 426 g/mol. The molecule has 30 heavy (non-hydrogen) atoms. The van der Waals surface area contributed by atoms with Crippen molar-refractivity contribution in [3.05, 3.63) is 109 Å². The molecule has 4 aromatic carbocycles. The van der Waals surface area contributed by atoms with E-state index in [-0.39, 0.29) is 0 Å². The van der Waals surface area contributed by atoms with Crippen LogP contribution in [0.1, 0.15) is 13.8 Å². The first kappa shape index (κ1) is 21.0. The Kier molecular flexibility index (Phi) is 7.11. The van der Waals surface area contributed by atoms with E-state index in [0.29, 0.717) is 11.3 Å². The van der Waals surface area contributed by atoms with Crippen LogP contribution >= 0.6 is 17.2 Å². The second-order valence-corrected chi connectivity index (χ2v) is 11.2. The SMILES string of the molecule is C[C@@H](Pc1ccccc1-c1ccccc1)[C@@H](C)Pc1ccccc1-c1ccccc1. The maximum absolute atomic E-state index is 2.42. The molecule has 2 heteroatoms. The minimum Gasteiger partial charge on any atom is -0.0862 e. The Hall–Kier alpha value is -2.26. The quantitative estimate of drug-likeness (QED) is 0.276. The fraction of sp³-hybridized carbons (Fsp3) is 0.143. The Balaban J connectivity index is 1.52. The number of benzene rings is 4. The van der Waals surface area contributed by atoms with E-state index in [4.69, 9.17) is 0 Å². The Labute approximate surface area is 184 Å². The number of hydrogen-bond donors (Lipinski definition) is 0. The van der Waals surface area contributed by atoms with Gasteiger partial charge >= 0.3 is 0 Å². The highest BCUT2D eigenvalue weighted by Gasteiger charge is 2.17. The largest absolute Gasteiger partial charge is 0.0862 e. The van der Waals surface area contributed by atoms with Crippen molar-refractivity contribution in [1.29, 1.82) is 0 Å². The van der Waals surface area contributed by atoms with E-state index >= 15 is 0 Å². The van der Waals surface area contributed by atoms with Crippen LogP contribution in [0, 0.1) is 0 Å². The van der Waals surface area contributed by atoms with Crippen molar-refractivity contribution < 1.29 is 0 Å². The summed E-state index contributed by atoms with van der Waals surface area (Å²) < 4.78 is 0. The van der Waals surface area contributed by atoms with E-state index in [1.807, 2.05) is 0 Å². The van der Waals surface area contributed by atoms with Crippen molar-refractivity contribution in [2.45, 2.75) is 25.2 Å². The zero-order chi connectivity index (χ0) is 20.8. The second kappa shape index (κ2) is 10.2. The third kappa shape index (κ3) is 5.07. The lowest BCUT2D eigenvalue weighted by atomic mass is 10.1. The average Bonchev–Trinajstić information content (AvgIpc) is 2.81. The first-order valence-corrected chi connectivity index (χ1v) is 12.7. The van der Waals surface area contributed by atoms with Crippen LogP contribution in [-0.2, 0) is 0 Å². The van der Waals surface area contributed by atoms with Gasteiger partial charge in [-0.3, -0.25) is 0 Å². The summed E-state index contributed by atoms with van der Waals surface area (Å²) in [6.07, 6.45) is 0. The normalized spacial score (nSPS) is 13.8. The Bertz CT molecular complexity index is 985. The van der Waals surface area contributed by atoms with Crippen LogP contribution in [0.4, 0.5) is 0 Å². The van der Waals surface area contributed by atoms with Gasteiger partial charge in [-0.1, -0.05) is 140 Å². The molecule has 4 atom stereocenters. The van der Waals surface area contributed by atoms with Gasteiger partial charge in [-0.2, -0.15) is 0 Å². The van der Waals surface area contributed by atoms with E-state index in [1.54, 1.807) is 0 Å². The molecule has 0 saturated carbocycles. The van der Waals surface area contributed by atoms with Crippen molar-refractivity contribution in [1.82, 2.24) is 0 Å². The fourth-order valence-electron chi connectivity index (χ4n) is 3.70. The predicted octanol–water partition coefficient (Wildman–Crippen LogP) is 7.11. The zero-order valence-electron chi connectivity index (χ0n) is 17.5. The lowest BCUT2D eigenvalue weighted by Gasteiger charge is -2.23. The molecule has 0 amide bonds. The van der Waals surface area contributed by atoms with Gasteiger partial charge in [0.1, 0.15) is 0 Å². The maximum atomic E-state index is 2.42. The fourth-order valence-corrected chi connectivity index (χ4v) is 6.83. The first-order chi connectivity index (χ1) is 14.7. The molecule has 0 heterocycles. The summed E-state index contributed by atoms with van der Waals surface area (Å²) in [7, 11) is 1.61. The maximum Gasteiger partial charge on any atom is -0.0110 e. The Morgan fingerprint density at radius 2 is 0.767 bits per heavy atom. The molecule has 0 radical (unpaired) electrons. The smallest absolute Gasteiger partial charge is 0.0110 e. The molecule has 0 aliphatic heterocycles. The molecule has 0 N–H and O–H groups in total. The van der Waals surface area contributed by atoms with Gasteiger partial charge in [0.2, 0.25) is 0 Å². The number of hydrogen-bond acceptors (Lipinski definition) is 0. The molecular weight excluding hydrogens is 398 g/mol. The van der Waals surface area contributed by atoms with Gasteiger partial charge < -0.3 is 0 Å². The predicted molar refractivity (Wildman–Crippen MR) is 139 cm³/mol. The second-order valence-electron chi connectivity index (χ2n) is 7.69. The van der Waals surface area contributed by atoms with Crippen LogP contribution in [0.5, 0.6) is 0 Å². The van der Waals surface area contributed by atoms with Crippen molar-refractivity contribution in [3.8, 4) is 22.3 Å². The van der Waals surface area contributed by atoms with Crippen LogP contribution in [0.2, 0.25) is 0 Å². The van der Waals surface area contributed by atoms with Crippen molar-refractivity contribution in [2.75, 3.05) is 0 Å². The highest BCUT2D eigenvalue weighted by Crippen LogP contribution is 2.36. The molecule has 2 unspecified atom stereocenters. The Morgan fingerprint density at radius 3 is 1.17 bits per heavy atom. The van der Waals surface area contributed by atoms with Crippen LogP contribution in [0.15, 0.2) is 109 Å². The van der Waals surface area contributed by atoms with Crippen molar-refractivity contribution in [3.63, 3.8) is 0 Å². The van der Waals surface area contributed by atoms with Gasteiger partial charge in [-0.05, 0) is 44.2 Å². The molecule has 0 aromatic heterocycles. The minimum atomic E-state index is 0.636. The topological polar surface area (TPSA) is 0 Å². The lowest BCUT2D eigenvalue weighted by molar-refractivity contribution is 0.921. The molecule has 150 valence electrons. The summed E-state index contributed by atoms with van der Waals surface area (Å²) in [6.45, 7) is 4.84. The molecule has 0 spiro atoms. The third-order valence-electron chi connectivity index (χ3n) is 5.54. The number of rotatable bonds is 7. The lowest BCUT2D eigenvalue weighted by Crippen LogP contribution is -2.17. The standard InChI is InChI=1S/C28H28P2/c1-21(29-27-19-11-9-17-25(27)23-13-5-3-6-14-23)22(2)30-28-20-12-10-18-26(28)24-15-7-4-8-16-24/h3-22,29-30H,1-2H3/t21-,22-/m1/s1. The van der Waals surface area contributed by atoms with Gasteiger partial charge in [-0.25, -0.2) is 0 Å². The summed E-state index contributed by atoms with van der Waals surface area (Å²) in [5, 5.41) is 2.95. The molecule has 4 rings (SSSR count). The first-order valence-electron chi connectivity index (χ1n) is 10.5. The van der Waals surface area contributed by atoms with E-state index < -0.39 is 0 Å². The van der Waals surface area contributed by atoms with Crippen LogP contribution in [0.3, 0.4) is 0 Å². The summed E-state index contributed by atoms with van der Waals surface area (Å²) in [5.41, 5.74) is 6.66. The van der Waals surface area contributed by atoms with E-state index in [9.17, 15) is 0 Å². The van der Waals surface area contributed by atoms with E-state index in [0.717, 1.165) is 17.2 Å². The van der Waals surface area contributed by atoms with Gasteiger partial charge in [0.25, 0.3) is 0 Å². The highest BCUT2D eigenvalue weighted by atomic mass is 31.1. The molecular formula is C28H28P2. The third-order valence-corrected chi connectivity index (χ3v) is 9.28.